The maximum absolute atomic E-state index is 14.7. The number of carbonyl (C=O) groups excluding carboxylic acids is 2. The molecule has 2 unspecified atom stereocenters. The van der Waals surface area contributed by atoms with E-state index in [1.54, 1.807) is 18.0 Å². The second-order valence-electron chi connectivity index (χ2n) is 9.79. The van der Waals surface area contributed by atoms with E-state index in [9.17, 15) is 18.4 Å². The molecule has 1 heterocycles. The van der Waals surface area contributed by atoms with E-state index < -0.39 is 17.0 Å². The Labute approximate surface area is 200 Å². The van der Waals surface area contributed by atoms with E-state index >= 15 is 0 Å². The van der Waals surface area contributed by atoms with Crippen LogP contribution >= 0.6 is 0 Å². The Bertz CT molecular complexity index is 986. The first-order chi connectivity index (χ1) is 16.1. The van der Waals surface area contributed by atoms with Gasteiger partial charge < -0.3 is 10.2 Å². The Morgan fingerprint density at radius 2 is 1.94 bits per heavy atom. The molecule has 0 radical (unpaired) electrons. The van der Waals surface area contributed by atoms with Gasteiger partial charge in [0.2, 0.25) is 11.8 Å². The number of rotatable bonds is 7. The Balaban J connectivity index is 2.04. The van der Waals surface area contributed by atoms with Crippen molar-refractivity contribution in [1.29, 1.82) is 0 Å². The molecule has 2 fully saturated rings. The van der Waals surface area contributed by atoms with Crippen LogP contribution in [0.4, 0.5) is 8.78 Å². The fourth-order valence-corrected chi connectivity index (χ4v) is 5.50. The van der Waals surface area contributed by atoms with Gasteiger partial charge in [-0.1, -0.05) is 39.5 Å². The maximum Gasteiger partial charge on any atom is 0.229 e. The lowest BCUT2D eigenvalue weighted by Gasteiger charge is -2.36. The lowest BCUT2D eigenvalue weighted by atomic mass is 9.72. The normalized spacial score (nSPS) is 27.6. The van der Waals surface area contributed by atoms with Crippen LogP contribution in [0.15, 0.2) is 47.3 Å². The summed E-state index contributed by atoms with van der Waals surface area (Å²) in [7, 11) is 1.60. The second kappa shape index (κ2) is 10.6. The molecule has 1 saturated heterocycles. The van der Waals surface area contributed by atoms with Crippen molar-refractivity contribution in [1.82, 2.24) is 10.2 Å². The molecule has 0 aromatic heterocycles. The third kappa shape index (κ3) is 4.95. The largest absolute Gasteiger partial charge is 0.359 e. The molecule has 3 rings (SSSR count). The Morgan fingerprint density at radius 1 is 1.26 bits per heavy atom. The molecule has 2 amide bonds. The Kier molecular flexibility index (Phi) is 8.00. The molecular weight excluding hydrogens is 438 g/mol. The molecule has 1 aromatic rings. The van der Waals surface area contributed by atoms with Crippen molar-refractivity contribution in [2.45, 2.75) is 40.0 Å². The van der Waals surface area contributed by atoms with Crippen molar-refractivity contribution in [2.24, 2.45) is 39.3 Å². The molecule has 4 atom stereocenters. The minimum Gasteiger partial charge on any atom is -0.359 e. The van der Waals surface area contributed by atoms with Gasteiger partial charge in [0.25, 0.3) is 0 Å². The van der Waals surface area contributed by atoms with Gasteiger partial charge in [0.05, 0.1) is 22.6 Å². The number of carbonyl (C=O) groups is 2. The minimum absolute atomic E-state index is 0.0303. The number of hydrogen-bond acceptors (Lipinski definition) is 4. The second-order valence-corrected chi connectivity index (χ2v) is 9.79. The van der Waals surface area contributed by atoms with Gasteiger partial charge >= 0.3 is 0 Å². The molecule has 8 heteroatoms. The van der Waals surface area contributed by atoms with Crippen LogP contribution in [-0.2, 0) is 9.59 Å². The number of amides is 2. The summed E-state index contributed by atoms with van der Waals surface area (Å²) in [6.45, 7) is 10.5. The number of nitrogens with zero attached hydrogens (tertiary/aromatic N) is 3. The zero-order valence-electron chi connectivity index (χ0n) is 20.4. The van der Waals surface area contributed by atoms with Crippen molar-refractivity contribution in [3.05, 3.63) is 54.3 Å². The third-order valence-electron chi connectivity index (χ3n) is 7.43. The van der Waals surface area contributed by atoms with Crippen LogP contribution in [0.2, 0.25) is 0 Å². The molecule has 1 aliphatic carbocycles. The SMILES string of the molecule is C=C/N=N\C(=C/C1[C@H](C(C)C)CC[C@]1(C)C(=O)N1CCC(C(=O)NC)C1)c1c(F)cccc1F. The average molecular weight is 473 g/mol. The molecule has 184 valence electrons. The molecule has 1 saturated carbocycles. The summed E-state index contributed by atoms with van der Waals surface area (Å²) >= 11 is 0. The number of allylic oxidation sites excluding steroid dienone is 1. The number of azo groups is 1. The highest BCUT2D eigenvalue weighted by Gasteiger charge is 2.52. The molecule has 1 aliphatic heterocycles. The Morgan fingerprint density at radius 3 is 2.53 bits per heavy atom. The highest BCUT2D eigenvalue weighted by atomic mass is 19.1. The summed E-state index contributed by atoms with van der Waals surface area (Å²) in [6.07, 6.45) is 4.99. The van der Waals surface area contributed by atoms with E-state index in [2.05, 4.69) is 36.0 Å². The predicted octanol–water partition coefficient (Wildman–Crippen LogP) is 5.18. The van der Waals surface area contributed by atoms with Crippen molar-refractivity contribution in [2.75, 3.05) is 20.1 Å². The quantitative estimate of drug-likeness (QED) is 0.555. The first kappa shape index (κ1) is 25.7. The van der Waals surface area contributed by atoms with Gasteiger partial charge in [0, 0.05) is 26.3 Å². The zero-order valence-corrected chi connectivity index (χ0v) is 20.4. The lowest BCUT2D eigenvalue weighted by molar-refractivity contribution is -0.142. The first-order valence-electron chi connectivity index (χ1n) is 11.8. The number of nitrogens with one attached hydrogen (secondary N) is 1. The summed E-state index contributed by atoms with van der Waals surface area (Å²) in [5, 5.41) is 10.5. The van der Waals surface area contributed by atoms with Crippen LogP contribution < -0.4 is 5.32 Å². The molecule has 0 spiro atoms. The summed E-state index contributed by atoms with van der Waals surface area (Å²) in [5.41, 5.74) is -1.00. The van der Waals surface area contributed by atoms with Gasteiger partial charge in [-0.3, -0.25) is 9.59 Å². The van der Waals surface area contributed by atoms with Crippen LogP contribution in [-0.4, -0.2) is 36.9 Å². The van der Waals surface area contributed by atoms with Crippen molar-refractivity contribution < 1.29 is 18.4 Å². The molecule has 1 aromatic carbocycles. The van der Waals surface area contributed by atoms with Gasteiger partial charge in [-0.15, -0.1) is 0 Å². The standard InChI is InChI=1S/C26H34F2N4O2/c1-6-30-31-22(23-20(27)8-7-9-21(23)28)14-19-18(16(2)3)10-12-26(19,4)25(34)32-13-11-17(15-32)24(33)29-5/h6-9,14,16-19H,1,10-13,15H2,2-5H3,(H,29,33)/b22-14-,31-30-/t17?,18-,19?,26-/m0/s1. The van der Waals surface area contributed by atoms with Crippen molar-refractivity contribution in [3.63, 3.8) is 0 Å². The van der Waals surface area contributed by atoms with Crippen molar-refractivity contribution >= 4 is 17.5 Å². The molecule has 34 heavy (non-hydrogen) atoms. The van der Waals surface area contributed by atoms with Crippen LogP contribution in [0, 0.1) is 40.7 Å². The molecule has 0 bridgehead atoms. The summed E-state index contributed by atoms with van der Waals surface area (Å²) in [5.74, 6) is -1.74. The van der Waals surface area contributed by atoms with Gasteiger partial charge in [-0.05, 0) is 49.1 Å². The van der Waals surface area contributed by atoms with Gasteiger partial charge in [-0.25, -0.2) is 8.78 Å². The third-order valence-corrected chi connectivity index (χ3v) is 7.43. The molecule has 1 N–H and O–H groups in total. The maximum atomic E-state index is 14.7. The number of benzene rings is 1. The molecular formula is C26H34F2N4O2. The predicted molar refractivity (Wildman–Crippen MR) is 127 cm³/mol. The van der Waals surface area contributed by atoms with E-state index in [1.165, 1.54) is 24.4 Å². The molecule has 2 aliphatic rings. The molecule has 6 nitrogen and oxygen atoms in total. The number of halogens is 2. The van der Waals surface area contributed by atoms with Gasteiger partial charge in [-0.2, -0.15) is 10.2 Å². The van der Waals surface area contributed by atoms with E-state index in [0.29, 0.717) is 25.9 Å². The summed E-state index contributed by atoms with van der Waals surface area (Å²) < 4.78 is 29.4. The smallest absolute Gasteiger partial charge is 0.229 e. The van der Waals surface area contributed by atoms with Crippen molar-refractivity contribution in [3.8, 4) is 0 Å². The van der Waals surface area contributed by atoms with Crippen LogP contribution in [0.1, 0.15) is 45.6 Å². The highest BCUT2D eigenvalue weighted by Crippen LogP contribution is 2.52. The number of hydrogen-bond donors (Lipinski definition) is 1. The van der Waals surface area contributed by atoms with E-state index in [1.807, 2.05) is 6.92 Å². The zero-order chi connectivity index (χ0) is 25.0. The number of likely N-dealkylation sites (tertiary alicyclic amines) is 1. The first-order valence-corrected chi connectivity index (χ1v) is 11.8. The van der Waals surface area contributed by atoms with Crippen LogP contribution in [0.5, 0.6) is 0 Å². The lowest BCUT2D eigenvalue weighted by Crippen LogP contribution is -2.44. The van der Waals surface area contributed by atoms with Crippen LogP contribution in [0.3, 0.4) is 0 Å². The minimum atomic E-state index is -0.788. The summed E-state index contributed by atoms with van der Waals surface area (Å²) in [6, 6.07) is 3.66. The monoisotopic (exact) mass is 472 g/mol. The average Bonchev–Trinajstić information content (AvgIpc) is 3.42. The Hall–Kier alpha value is -2.90. The van der Waals surface area contributed by atoms with Gasteiger partial charge in [0.15, 0.2) is 0 Å². The highest BCUT2D eigenvalue weighted by molar-refractivity contribution is 5.86. The fourth-order valence-electron chi connectivity index (χ4n) is 5.50. The van der Waals surface area contributed by atoms with Crippen LogP contribution in [0.25, 0.3) is 5.70 Å². The van der Waals surface area contributed by atoms with E-state index in [0.717, 1.165) is 6.42 Å². The topological polar surface area (TPSA) is 74.1 Å². The van der Waals surface area contributed by atoms with E-state index in [-0.39, 0.29) is 46.7 Å². The van der Waals surface area contributed by atoms with E-state index in [4.69, 9.17) is 0 Å². The van der Waals surface area contributed by atoms with Gasteiger partial charge in [0.1, 0.15) is 11.6 Å². The summed E-state index contributed by atoms with van der Waals surface area (Å²) in [4.78, 5) is 27.7. The fraction of sp³-hybridized carbons (Fsp3) is 0.538.